The van der Waals surface area contributed by atoms with Crippen LogP contribution in [-0.4, -0.2) is 47.4 Å². The number of aryl methyl sites for hydroxylation is 1. The summed E-state index contributed by atoms with van der Waals surface area (Å²) in [5.74, 6) is -1.52. The lowest BCUT2D eigenvalue weighted by Gasteiger charge is -2.28. The number of thiophene rings is 1. The smallest absolute Gasteiger partial charge is 0.348 e. The zero-order valence-corrected chi connectivity index (χ0v) is 25.5. The molecule has 0 fully saturated rings. The summed E-state index contributed by atoms with van der Waals surface area (Å²) in [6.45, 7) is 9.43. The van der Waals surface area contributed by atoms with Gasteiger partial charge in [0.25, 0.3) is 5.56 Å². The van der Waals surface area contributed by atoms with Crippen molar-refractivity contribution in [2.24, 2.45) is 0 Å². The van der Waals surface area contributed by atoms with Gasteiger partial charge in [0.1, 0.15) is 32.9 Å². The molecule has 0 unspecified atom stereocenters. The number of halogens is 1. The molecular weight excluding hydrogens is 567 g/mol. The van der Waals surface area contributed by atoms with Crippen molar-refractivity contribution in [3.8, 4) is 11.8 Å². The minimum absolute atomic E-state index is 0. The van der Waals surface area contributed by atoms with E-state index in [9.17, 15) is 23.6 Å². The molecule has 0 saturated carbocycles. The van der Waals surface area contributed by atoms with E-state index in [4.69, 9.17) is 19.5 Å². The van der Waals surface area contributed by atoms with Gasteiger partial charge in [0, 0.05) is 13.0 Å². The zero-order valence-electron chi connectivity index (χ0n) is 24.7. The number of esters is 1. The summed E-state index contributed by atoms with van der Waals surface area (Å²) in [6.07, 6.45) is -0.997. The van der Waals surface area contributed by atoms with E-state index in [1.165, 1.54) is 43.7 Å². The first-order valence-corrected chi connectivity index (χ1v) is 14.2. The summed E-state index contributed by atoms with van der Waals surface area (Å²) in [5, 5.41) is 11.9. The van der Waals surface area contributed by atoms with Gasteiger partial charge in [-0.1, -0.05) is 0 Å². The molecule has 2 aromatic heterocycles. The molecule has 228 valence electrons. The Kier molecular flexibility index (Phi) is 10.3. The van der Waals surface area contributed by atoms with Crippen molar-refractivity contribution < 1.29 is 29.6 Å². The van der Waals surface area contributed by atoms with Crippen LogP contribution in [0.5, 0.6) is 5.75 Å². The molecule has 0 saturated heterocycles. The average molecular weight is 605 g/mol. The van der Waals surface area contributed by atoms with E-state index in [0.29, 0.717) is 5.56 Å². The molecule has 0 bridgehead atoms. The SMILES string of the molecule is CCOC(=O)c1sc2c(c1C)c(=O)n(C(C)(C)C(=O)NC(C)C)c(=O)n2C[C@H](OCCC#N)c1cc(F)ccc1OC.[HH]. The van der Waals surface area contributed by atoms with Gasteiger partial charge in [0.05, 0.1) is 44.7 Å². The van der Waals surface area contributed by atoms with Crippen molar-refractivity contribution in [3.63, 3.8) is 0 Å². The first-order valence-electron chi connectivity index (χ1n) is 13.4. The molecule has 42 heavy (non-hydrogen) atoms. The van der Waals surface area contributed by atoms with Crippen molar-refractivity contribution in [3.05, 3.63) is 60.9 Å². The molecule has 1 amide bonds. The Labute approximate surface area is 247 Å². The Balaban J connectivity index is 0.00000645. The van der Waals surface area contributed by atoms with Crippen LogP contribution in [0, 0.1) is 24.1 Å². The molecule has 0 spiro atoms. The second-order valence-corrected chi connectivity index (χ2v) is 11.3. The molecule has 3 aromatic rings. The fourth-order valence-corrected chi connectivity index (χ4v) is 5.74. The first kappa shape index (κ1) is 32.5. The Morgan fingerprint density at radius 3 is 2.55 bits per heavy atom. The third-order valence-corrected chi connectivity index (χ3v) is 7.92. The molecule has 0 aliphatic rings. The Morgan fingerprint density at radius 2 is 1.95 bits per heavy atom. The molecule has 0 radical (unpaired) electrons. The molecule has 11 nitrogen and oxygen atoms in total. The third kappa shape index (κ3) is 6.39. The van der Waals surface area contributed by atoms with Crippen LogP contribution >= 0.6 is 11.3 Å². The summed E-state index contributed by atoms with van der Waals surface area (Å²) < 4.78 is 33.1. The number of fused-ring (bicyclic) bond motifs is 1. The van der Waals surface area contributed by atoms with E-state index in [-0.39, 0.29) is 60.1 Å². The monoisotopic (exact) mass is 604 g/mol. The first-order chi connectivity index (χ1) is 19.8. The van der Waals surface area contributed by atoms with Gasteiger partial charge in [-0.15, -0.1) is 11.3 Å². The zero-order chi connectivity index (χ0) is 31.4. The van der Waals surface area contributed by atoms with Crippen LogP contribution in [0.3, 0.4) is 0 Å². The number of hydrogen-bond donors (Lipinski definition) is 1. The highest BCUT2D eigenvalue weighted by Gasteiger charge is 2.36. The van der Waals surface area contributed by atoms with Gasteiger partial charge in [-0.3, -0.25) is 14.2 Å². The minimum Gasteiger partial charge on any atom is -0.496 e. The van der Waals surface area contributed by atoms with Crippen LogP contribution in [0.15, 0.2) is 27.8 Å². The second kappa shape index (κ2) is 13.3. The number of benzene rings is 1. The van der Waals surface area contributed by atoms with Gasteiger partial charge in [-0.25, -0.2) is 18.5 Å². The van der Waals surface area contributed by atoms with Crippen LogP contribution in [-0.2, 0) is 26.4 Å². The molecule has 2 heterocycles. The maximum Gasteiger partial charge on any atom is 0.348 e. The number of hydrogen-bond acceptors (Lipinski definition) is 9. The summed E-state index contributed by atoms with van der Waals surface area (Å²) >= 11 is 0.905. The predicted octanol–water partition coefficient (Wildman–Crippen LogP) is 4.03. The number of carbonyl (C=O) groups excluding carboxylic acids is 2. The van der Waals surface area contributed by atoms with E-state index in [2.05, 4.69) is 5.32 Å². The molecular formula is C29H37FN4O7S. The van der Waals surface area contributed by atoms with Gasteiger partial charge in [0.15, 0.2) is 0 Å². The number of nitrogens with one attached hydrogen (secondary N) is 1. The van der Waals surface area contributed by atoms with Crippen molar-refractivity contribution in [2.45, 2.75) is 72.2 Å². The van der Waals surface area contributed by atoms with E-state index >= 15 is 0 Å². The Hall–Kier alpha value is -4.02. The largest absolute Gasteiger partial charge is 0.496 e. The Bertz CT molecular complexity index is 1660. The summed E-state index contributed by atoms with van der Waals surface area (Å²) in [6, 6.07) is 5.55. The fraction of sp³-hybridized carbons (Fsp3) is 0.483. The maximum atomic E-state index is 14.4. The van der Waals surface area contributed by atoms with Crippen LogP contribution in [0.4, 0.5) is 4.39 Å². The van der Waals surface area contributed by atoms with E-state index in [1.54, 1.807) is 27.7 Å². The summed E-state index contributed by atoms with van der Waals surface area (Å²) in [4.78, 5) is 54.5. The fourth-order valence-electron chi connectivity index (χ4n) is 4.54. The van der Waals surface area contributed by atoms with Gasteiger partial charge in [-0.05, 0) is 65.3 Å². The van der Waals surface area contributed by atoms with Crippen molar-refractivity contribution in [1.82, 2.24) is 14.5 Å². The van der Waals surface area contributed by atoms with E-state index in [0.717, 1.165) is 15.9 Å². The van der Waals surface area contributed by atoms with E-state index < -0.39 is 40.6 Å². The standard InChI is InChI=1S/C29H35FN4O7S.H2/c1-8-40-26(36)23-17(4)22-24(35)34(29(5,6)27(37)32-16(2)3)28(38)33(25(22)42-23)15-21(41-13-9-12-31)19-14-18(30)10-11-20(19)39-7;/h10-11,14,16,21H,8-9,13,15H2,1-7H3,(H,32,37);1H/t21-;/m0./s1. The number of methoxy groups -OCH3 is 1. The normalized spacial score (nSPS) is 12.3. The maximum absolute atomic E-state index is 14.4. The third-order valence-electron chi connectivity index (χ3n) is 6.63. The van der Waals surface area contributed by atoms with Crippen molar-refractivity contribution in [1.29, 1.82) is 5.26 Å². The van der Waals surface area contributed by atoms with Crippen molar-refractivity contribution >= 4 is 33.4 Å². The van der Waals surface area contributed by atoms with Gasteiger partial charge in [-0.2, -0.15) is 5.26 Å². The molecule has 1 atom stereocenters. The molecule has 0 aliphatic heterocycles. The Morgan fingerprint density at radius 1 is 1.26 bits per heavy atom. The van der Waals surface area contributed by atoms with Gasteiger partial charge >= 0.3 is 11.7 Å². The van der Waals surface area contributed by atoms with Crippen LogP contribution in [0.1, 0.15) is 69.4 Å². The quantitative estimate of drug-likeness (QED) is 0.241. The molecule has 3 rings (SSSR count). The number of ether oxygens (including phenoxy) is 3. The van der Waals surface area contributed by atoms with Crippen LogP contribution in [0.2, 0.25) is 0 Å². The second-order valence-electron chi connectivity index (χ2n) is 10.3. The van der Waals surface area contributed by atoms with Crippen molar-refractivity contribution in [2.75, 3.05) is 20.3 Å². The summed E-state index contributed by atoms with van der Waals surface area (Å²) in [7, 11) is 1.40. The average Bonchev–Trinajstić information content (AvgIpc) is 3.27. The molecule has 0 aliphatic carbocycles. The van der Waals surface area contributed by atoms with Gasteiger partial charge in [0.2, 0.25) is 5.91 Å². The molecule has 1 N–H and O–H groups in total. The topological polar surface area (TPSA) is 142 Å². The lowest BCUT2D eigenvalue weighted by Crippen LogP contribution is -2.56. The lowest BCUT2D eigenvalue weighted by molar-refractivity contribution is -0.129. The number of nitriles is 1. The number of rotatable bonds is 12. The number of carbonyl (C=O) groups is 2. The highest BCUT2D eigenvalue weighted by Crippen LogP contribution is 2.33. The minimum atomic E-state index is -1.64. The molecule has 1 aromatic carbocycles. The number of nitrogens with zero attached hydrogens (tertiary/aromatic N) is 3. The summed E-state index contributed by atoms with van der Waals surface area (Å²) in [5.41, 5.74) is -2.65. The van der Waals surface area contributed by atoms with Crippen LogP contribution in [0.25, 0.3) is 10.2 Å². The van der Waals surface area contributed by atoms with Crippen LogP contribution < -0.4 is 21.3 Å². The lowest BCUT2D eigenvalue weighted by atomic mass is 10.0. The predicted molar refractivity (Wildman–Crippen MR) is 158 cm³/mol. The van der Waals surface area contributed by atoms with Gasteiger partial charge < -0.3 is 19.5 Å². The highest BCUT2D eigenvalue weighted by atomic mass is 32.1. The van der Waals surface area contributed by atoms with E-state index in [1.807, 2.05) is 6.07 Å². The number of amides is 1. The highest BCUT2D eigenvalue weighted by molar-refractivity contribution is 7.20. The molecule has 13 heteroatoms. The number of aromatic nitrogens is 2.